The fourth-order valence-electron chi connectivity index (χ4n) is 2.39. The van der Waals surface area contributed by atoms with Crippen molar-refractivity contribution in [1.82, 2.24) is 10.1 Å². The molecule has 6 heteroatoms. The van der Waals surface area contributed by atoms with Crippen LogP contribution in [0, 0.1) is 5.82 Å². The molecule has 1 aliphatic carbocycles. The maximum absolute atomic E-state index is 13.2. The van der Waals surface area contributed by atoms with Gasteiger partial charge in [0.25, 0.3) is 0 Å². The van der Waals surface area contributed by atoms with Gasteiger partial charge in [0.05, 0.1) is 4.47 Å². The number of halogens is 2. The summed E-state index contributed by atoms with van der Waals surface area (Å²) in [4.78, 5) is 4.39. The van der Waals surface area contributed by atoms with Crippen molar-refractivity contribution < 1.29 is 8.91 Å². The SMILES string of the molecule is N[C@H]1CC[C@@H](c2nc(-c3ccc(F)c(Br)c3)no2)C1. The van der Waals surface area contributed by atoms with Crippen LogP contribution in [0.15, 0.2) is 27.2 Å². The Balaban J connectivity index is 1.86. The molecule has 3 rings (SSSR count). The van der Waals surface area contributed by atoms with Gasteiger partial charge in [-0.2, -0.15) is 4.98 Å². The molecular formula is C13H13BrFN3O. The molecule has 0 saturated heterocycles. The van der Waals surface area contributed by atoms with Crippen LogP contribution < -0.4 is 5.73 Å². The fourth-order valence-corrected chi connectivity index (χ4v) is 2.77. The number of nitrogens with zero attached hydrogens (tertiary/aromatic N) is 2. The van der Waals surface area contributed by atoms with Gasteiger partial charge < -0.3 is 10.3 Å². The predicted octanol–water partition coefficient (Wildman–Crippen LogP) is 3.23. The van der Waals surface area contributed by atoms with Gasteiger partial charge in [0.2, 0.25) is 11.7 Å². The Morgan fingerprint density at radius 3 is 2.89 bits per heavy atom. The third kappa shape index (κ3) is 2.55. The third-order valence-electron chi connectivity index (χ3n) is 3.44. The van der Waals surface area contributed by atoms with E-state index in [9.17, 15) is 4.39 Å². The summed E-state index contributed by atoms with van der Waals surface area (Å²) in [5, 5.41) is 3.96. The minimum atomic E-state index is -0.311. The molecule has 1 fully saturated rings. The van der Waals surface area contributed by atoms with Crippen molar-refractivity contribution in [3.63, 3.8) is 0 Å². The van der Waals surface area contributed by atoms with E-state index in [-0.39, 0.29) is 17.8 Å². The van der Waals surface area contributed by atoms with E-state index in [1.165, 1.54) is 6.07 Å². The van der Waals surface area contributed by atoms with Crippen molar-refractivity contribution in [1.29, 1.82) is 0 Å². The second-order valence-electron chi connectivity index (χ2n) is 4.86. The first kappa shape index (κ1) is 12.7. The summed E-state index contributed by atoms with van der Waals surface area (Å²) in [6.07, 6.45) is 2.86. The highest BCUT2D eigenvalue weighted by atomic mass is 79.9. The van der Waals surface area contributed by atoms with E-state index < -0.39 is 0 Å². The molecule has 0 bridgehead atoms. The van der Waals surface area contributed by atoms with Gasteiger partial charge >= 0.3 is 0 Å². The minimum absolute atomic E-state index is 0.223. The largest absolute Gasteiger partial charge is 0.339 e. The Bertz CT molecular complexity index is 601. The Morgan fingerprint density at radius 2 is 2.21 bits per heavy atom. The zero-order valence-corrected chi connectivity index (χ0v) is 11.7. The van der Waals surface area contributed by atoms with E-state index in [0.29, 0.717) is 16.2 Å². The highest BCUT2D eigenvalue weighted by Gasteiger charge is 2.28. The third-order valence-corrected chi connectivity index (χ3v) is 4.05. The zero-order chi connectivity index (χ0) is 13.4. The van der Waals surface area contributed by atoms with Gasteiger partial charge in [-0.15, -0.1) is 0 Å². The standard InChI is InChI=1S/C13H13BrFN3O/c14-10-6-7(2-4-11(10)15)12-17-13(19-18-12)8-1-3-9(16)5-8/h2,4,6,8-9H,1,3,5,16H2/t8-,9+/m1/s1. The summed E-state index contributed by atoms with van der Waals surface area (Å²) >= 11 is 3.15. The number of rotatable bonds is 2. The van der Waals surface area contributed by atoms with Crippen LogP contribution in [0.1, 0.15) is 31.1 Å². The van der Waals surface area contributed by atoms with E-state index in [2.05, 4.69) is 26.1 Å². The van der Waals surface area contributed by atoms with Crippen molar-refractivity contribution in [3.05, 3.63) is 34.4 Å². The number of hydrogen-bond donors (Lipinski definition) is 1. The summed E-state index contributed by atoms with van der Waals surface area (Å²) in [6.45, 7) is 0. The lowest BCUT2D eigenvalue weighted by atomic mass is 10.1. The van der Waals surface area contributed by atoms with Gasteiger partial charge in [-0.25, -0.2) is 4.39 Å². The second-order valence-corrected chi connectivity index (χ2v) is 5.71. The van der Waals surface area contributed by atoms with Crippen LogP contribution in [0.4, 0.5) is 4.39 Å². The number of hydrogen-bond acceptors (Lipinski definition) is 4. The maximum Gasteiger partial charge on any atom is 0.230 e. The van der Waals surface area contributed by atoms with E-state index in [4.69, 9.17) is 10.3 Å². The minimum Gasteiger partial charge on any atom is -0.339 e. The molecule has 4 nitrogen and oxygen atoms in total. The molecule has 0 aliphatic heterocycles. The molecule has 2 N–H and O–H groups in total. The summed E-state index contributed by atoms with van der Waals surface area (Å²) in [6, 6.07) is 4.88. The highest BCUT2D eigenvalue weighted by molar-refractivity contribution is 9.10. The van der Waals surface area contributed by atoms with E-state index in [0.717, 1.165) is 24.8 Å². The van der Waals surface area contributed by atoms with Crippen molar-refractivity contribution >= 4 is 15.9 Å². The quantitative estimate of drug-likeness (QED) is 0.920. The summed E-state index contributed by atoms with van der Waals surface area (Å²) in [5.74, 6) is 1.05. The fraction of sp³-hybridized carbons (Fsp3) is 0.385. The summed E-state index contributed by atoms with van der Waals surface area (Å²) in [7, 11) is 0. The van der Waals surface area contributed by atoms with Crippen LogP contribution in [0.25, 0.3) is 11.4 Å². The lowest BCUT2D eigenvalue weighted by Crippen LogP contribution is -2.14. The number of nitrogens with two attached hydrogens (primary N) is 1. The van der Waals surface area contributed by atoms with Gasteiger partial charge in [0.1, 0.15) is 5.82 Å². The van der Waals surface area contributed by atoms with Crippen LogP contribution in [-0.2, 0) is 0 Å². The first-order valence-electron chi connectivity index (χ1n) is 6.18. The van der Waals surface area contributed by atoms with Crippen LogP contribution in [-0.4, -0.2) is 16.2 Å². The van der Waals surface area contributed by atoms with Crippen molar-refractivity contribution in [2.24, 2.45) is 5.73 Å². The Kier molecular flexibility index (Phi) is 3.36. The zero-order valence-electron chi connectivity index (χ0n) is 10.1. The van der Waals surface area contributed by atoms with Crippen LogP contribution >= 0.6 is 15.9 Å². The van der Waals surface area contributed by atoms with Gasteiger partial charge in [-0.3, -0.25) is 0 Å². The van der Waals surface area contributed by atoms with Crippen molar-refractivity contribution in [3.8, 4) is 11.4 Å². The van der Waals surface area contributed by atoms with Crippen LogP contribution in [0.2, 0.25) is 0 Å². The lowest BCUT2D eigenvalue weighted by Gasteiger charge is -2.01. The first-order valence-corrected chi connectivity index (χ1v) is 6.97. The Labute approximate surface area is 118 Å². The van der Waals surface area contributed by atoms with Gasteiger partial charge in [0, 0.05) is 17.5 Å². The summed E-state index contributed by atoms with van der Waals surface area (Å²) in [5.41, 5.74) is 6.61. The van der Waals surface area contributed by atoms with Crippen molar-refractivity contribution in [2.75, 3.05) is 0 Å². The molecule has 19 heavy (non-hydrogen) atoms. The first-order chi connectivity index (χ1) is 9.13. The smallest absolute Gasteiger partial charge is 0.230 e. The van der Waals surface area contributed by atoms with Gasteiger partial charge in [-0.1, -0.05) is 5.16 Å². The predicted molar refractivity (Wildman–Crippen MR) is 72.0 cm³/mol. The average Bonchev–Trinajstić information content (AvgIpc) is 3.01. The average molecular weight is 326 g/mol. The van der Waals surface area contributed by atoms with Gasteiger partial charge in [-0.05, 0) is 53.4 Å². The normalized spacial score (nSPS) is 22.9. The molecule has 1 aromatic carbocycles. The monoisotopic (exact) mass is 325 g/mol. The number of benzene rings is 1. The molecule has 1 heterocycles. The van der Waals surface area contributed by atoms with E-state index in [1.54, 1.807) is 12.1 Å². The lowest BCUT2D eigenvalue weighted by molar-refractivity contribution is 0.353. The molecule has 0 spiro atoms. The molecule has 100 valence electrons. The Hall–Kier alpha value is -1.27. The molecule has 1 aromatic heterocycles. The molecule has 2 atom stereocenters. The highest BCUT2D eigenvalue weighted by Crippen LogP contribution is 2.33. The molecule has 0 amide bonds. The van der Waals surface area contributed by atoms with E-state index in [1.807, 2.05) is 0 Å². The maximum atomic E-state index is 13.2. The van der Waals surface area contributed by atoms with Gasteiger partial charge in [0.15, 0.2) is 0 Å². The van der Waals surface area contributed by atoms with Crippen molar-refractivity contribution in [2.45, 2.75) is 31.2 Å². The molecule has 0 unspecified atom stereocenters. The number of aromatic nitrogens is 2. The summed E-state index contributed by atoms with van der Waals surface area (Å²) < 4.78 is 18.9. The second kappa shape index (κ2) is 5.02. The van der Waals surface area contributed by atoms with E-state index >= 15 is 0 Å². The Morgan fingerprint density at radius 1 is 1.37 bits per heavy atom. The molecule has 0 radical (unpaired) electrons. The molecule has 2 aromatic rings. The topological polar surface area (TPSA) is 64.9 Å². The molecular weight excluding hydrogens is 313 g/mol. The molecule has 1 aliphatic rings. The van der Waals surface area contributed by atoms with Crippen LogP contribution in [0.5, 0.6) is 0 Å². The van der Waals surface area contributed by atoms with Crippen LogP contribution in [0.3, 0.4) is 0 Å². The molecule has 1 saturated carbocycles.